The number of hydrogen-bond acceptors (Lipinski definition) is 3. The number of nitrogens with two attached hydrogens (primary N) is 1. The third kappa shape index (κ3) is 3.39. The lowest BCUT2D eigenvalue weighted by Gasteiger charge is -2.21. The normalized spacial score (nSPS) is 14.9. The second kappa shape index (κ2) is 4.77. The largest absolute Gasteiger partial charge is 0.439 e. The standard InChI is InChI=1S/C8H15NO3/c1-5(2)7(6(3)11-4)12-8(9)10/h6-7H,1H2,2-4H3,(H2,9,10)/t6-,7-/m0/s1. The van der Waals surface area contributed by atoms with E-state index in [0.717, 1.165) is 0 Å². The zero-order valence-corrected chi connectivity index (χ0v) is 7.66. The fourth-order valence-corrected chi connectivity index (χ4v) is 0.846. The Morgan fingerprint density at radius 1 is 1.58 bits per heavy atom. The van der Waals surface area contributed by atoms with Crippen LogP contribution in [-0.4, -0.2) is 25.4 Å². The summed E-state index contributed by atoms with van der Waals surface area (Å²) >= 11 is 0. The Morgan fingerprint density at radius 3 is 2.33 bits per heavy atom. The highest BCUT2D eigenvalue weighted by atomic mass is 16.6. The summed E-state index contributed by atoms with van der Waals surface area (Å²) in [6.07, 6.45) is -1.51. The van der Waals surface area contributed by atoms with Crippen molar-refractivity contribution in [2.24, 2.45) is 5.73 Å². The monoisotopic (exact) mass is 173 g/mol. The Morgan fingerprint density at radius 2 is 2.08 bits per heavy atom. The van der Waals surface area contributed by atoms with Crippen LogP contribution in [0.5, 0.6) is 0 Å². The summed E-state index contributed by atoms with van der Waals surface area (Å²) in [6.45, 7) is 7.20. The zero-order valence-electron chi connectivity index (χ0n) is 7.66. The average Bonchev–Trinajstić information content (AvgIpc) is 1.98. The molecule has 0 aliphatic heterocycles. The number of amides is 1. The third-order valence-electron chi connectivity index (χ3n) is 1.53. The fourth-order valence-electron chi connectivity index (χ4n) is 0.846. The summed E-state index contributed by atoms with van der Waals surface area (Å²) in [5.41, 5.74) is 5.58. The van der Waals surface area contributed by atoms with Gasteiger partial charge >= 0.3 is 6.09 Å². The van der Waals surface area contributed by atoms with Gasteiger partial charge in [-0.05, 0) is 19.4 Å². The van der Waals surface area contributed by atoms with Crippen molar-refractivity contribution in [1.82, 2.24) is 0 Å². The predicted octanol–water partition coefficient (Wildman–Crippen LogP) is 1.06. The van der Waals surface area contributed by atoms with Gasteiger partial charge in [-0.2, -0.15) is 0 Å². The van der Waals surface area contributed by atoms with E-state index in [1.54, 1.807) is 13.8 Å². The molecule has 0 bridgehead atoms. The van der Waals surface area contributed by atoms with Crippen LogP contribution in [0.1, 0.15) is 13.8 Å². The van der Waals surface area contributed by atoms with Gasteiger partial charge in [0.05, 0.1) is 6.10 Å². The third-order valence-corrected chi connectivity index (χ3v) is 1.53. The van der Waals surface area contributed by atoms with Crippen molar-refractivity contribution < 1.29 is 14.3 Å². The van der Waals surface area contributed by atoms with Crippen LogP contribution in [0.3, 0.4) is 0 Å². The smallest absolute Gasteiger partial charge is 0.405 e. The van der Waals surface area contributed by atoms with E-state index >= 15 is 0 Å². The van der Waals surface area contributed by atoms with Crippen LogP contribution in [0, 0.1) is 0 Å². The van der Waals surface area contributed by atoms with Crippen molar-refractivity contribution in [3.05, 3.63) is 12.2 Å². The molecule has 0 unspecified atom stereocenters. The van der Waals surface area contributed by atoms with E-state index in [0.29, 0.717) is 5.57 Å². The number of rotatable bonds is 4. The molecule has 0 aromatic heterocycles. The molecule has 0 heterocycles. The van der Waals surface area contributed by atoms with Crippen molar-refractivity contribution >= 4 is 6.09 Å². The molecule has 0 rings (SSSR count). The number of carbonyl (C=O) groups is 1. The Labute approximate surface area is 72.3 Å². The van der Waals surface area contributed by atoms with Gasteiger partial charge in [-0.3, -0.25) is 0 Å². The highest BCUT2D eigenvalue weighted by molar-refractivity contribution is 5.65. The average molecular weight is 173 g/mol. The van der Waals surface area contributed by atoms with Crippen LogP contribution in [0.25, 0.3) is 0 Å². The minimum atomic E-state index is -0.813. The maximum Gasteiger partial charge on any atom is 0.405 e. The van der Waals surface area contributed by atoms with Gasteiger partial charge in [0.15, 0.2) is 0 Å². The molecule has 0 radical (unpaired) electrons. The van der Waals surface area contributed by atoms with Crippen molar-refractivity contribution in [1.29, 1.82) is 0 Å². The van der Waals surface area contributed by atoms with E-state index in [1.807, 2.05) is 0 Å². The number of carbonyl (C=O) groups excluding carboxylic acids is 1. The van der Waals surface area contributed by atoms with Gasteiger partial charge in [-0.1, -0.05) is 6.58 Å². The molecule has 4 heteroatoms. The molecule has 0 aliphatic carbocycles. The summed E-state index contributed by atoms with van der Waals surface area (Å²) in [5.74, 6) is 0. The first kappa shape index (κ1) is 11.0. The van der Waals surface area contributed by atoms with Crippen molar-refractivity contribution in [3.63, 3.8) is 0 Å². The zero-order chi connectivity index (χ0) is 9.72. The quantitative estimate of drug-likeness (QED) is 0.646. The van der Waals surface area contributed by atoms with Crippen LogP contribution in [0.15, 0.2) is 12.2 Å². The Balaban J connectivity index is 4.22. The number of primary amides is 1. The molecule has 0 saturated heterocycles. The Hall–Kier alpha value is -1.03. The topological polar surface area (TPSA) is 61.5 Å². The molecule has 0 fully saturated rings. The molecule has 0 saturated carbocycles. The summed E-state index contributed by atoms with van der Waals surface area (Å²) in [5, 5.41) is 0. The van der Waals surface area contributed by atoms with E-state index in [1.165, 1.54) is 7.11 Å². The maximum absolute atomic E-state index is 10.4. The molecule has 0 spiro atoms. The maximum atomic E-state index is 10.4. The van der Waals surface area contributed by atoms with Gasteiger partial charge < -0.3 is 15.2 Å². The van der Waals surface area contributed by atoms with Gasteiger partial charge in [0.2, 0.25) is 0 Å². The van der Waals surface area contributed by atoms with Crippen molar-refractivity contribution in [2.75, 3.05) is 7.11 Å². The molecule has 0 aromatic rings. The second-order valence-electron chi connectivity index (χ2n) is 2.64. The van der Waals surface area contributed by atoms with Crippen LogP contribution in [0.4, 0.5) is 4.79 Å². The lowest BCUT2D eigenvalue weighted by atomic mass is 10.1. The van der Waals surface area contributed by atoms with Crippen LogP contribution >= 0.6 is 0 Å². The number of methoxy groups -OCH3 is 1. The van der Waals surface area contributed by atoms with Gasteiger partial charge in [-0.25, -0.2) is 4.79 Å². The Bertz CT molecular complexity index is 179. The first-order chi connectivity index (χ1) is 5.49. The van der Waals surface area contributed by atoms with Gasteiger partial charge in [0, 0.05) is 7.11 Å². The Kier molecular flexibility index (Phi) is 4.36. The van der Waals surface area contributed by atoms with E-state index < -0.39 is 12.2 Å². The summed E-state index contributed by atoms with van der Waals surface area (Å²) in [7, 11) is 1.53. The molecule has 70 valence electrons. The van der Waals surface area contributed by atoms with E-state index in [-0.39, 0.29) is 6.10 Å². The molecule has 2 atom stereocenters. The van der Waals surface area contributed by atoms with Crippen molar-refractivity contribution in [2.45, 2.75) is 26.1 Å². The van der Waals surface area contributed by atoms with Gasteiger partial charge in [0.25, 0.3) is 0 Å². The molecule has 0 aliphatic rings. The predicted molar refractivity (Wildman–Crippen MR) is 45.7 cm³/mol. The lowest BCUT2D eigenvalue weighted by molar-refractivity contribution is 0.00832. The number of ether oxygens (including phenoxy) is 2. The van der Waals surface area contributed by atoms with Crippen LogP contribution < -0.4 is 5.73 Å². The summed E-state index contributed by atoms with van der Waals surface area (Å²) in [4.78, 5) is 10.4. The first-order valence-electron chi connectivity index (χ1n) is 3.63. The highest BCUT2D eigenvalue weighted by Gasteiger charge is 2.20. The minimum Gasteiger partial charge on any atom is -0.439 e. The first-order valence-corrected chi connectivity index (χ1v) is 3.63. The molecular weight excluding hydrogens is 158 g/mol. The van der Waals surface area contributed by atoms with E-state index in [9.17, 15) is 4.79 Å². The molecule has 0 aromatic carbocycles. The highest BCUT2D eigenvalue weighted by Crippen LogP contribution is 2.10. The molecule has 12 heavy (non-hydrogen) atoms. The van der Waals surface area contributed by atoms with E-state index in [2.05, 4.69) is 6.58 Å². The van der Waals surface area contributed by atoms with Crippen molar-refractivity contribution in [3.8, 4) is 0 Å². The van der Waals surface area contributed by atoms with E-state index in [4.69, 9.17) is 15.2 Å². The molecule has 4 nitrogen and oxygen atoms in total. The second-order valence-corrected chi connectivity index (χ2v) is 2.64. The van der Waals surface area contributed by atoms with Gasteiger partial charge in [0.1, 0.15) is 6.10 Å². The SMILES string of the molecule is C=C(C)[C@H](OC(N)=O)[C@H](C)OC. The molecule has 2 N–H and O–H groups in total. The van der Waals surface area contributed by atoms with Gasteiger partial charge in [-0.15, -0.1) is 0 Å². The molecule has 1 amide bonds. The molecular formula is C8H15NO3. The number of hydrogen-bond donors (Lipinski definition) is 1. The van der Waals surface area contributed by atoms with Crippen LogP contribution in [-0.2, 0) is 9.47 Å². The van der Waals surface area contributed by atoms with Crippen LogP contribution in [0.2, 0.25) is 0 Å². The summed E-state index contributed by atoms with van der Waals surface area (Å²) in [6, 6.07) is 0. The minimum absolute atomic E-state index is 0.227. The lowest BCUT2D eigenvalue weighted by Crippen LogP contribution is -2.33. The fraction of sp³-hybridized carbons (Fsp3) is 0.625. The summed E-state index contributed by atoms with van der Waals surface area (Å²) < 4.78 is 9.76.